The van der Waals surface area contributed by atoms with Crippen LogP contribution in [0.3, 0.4) is 0 Å². The lowest BCUT2D eigenvalue weighted by Gasteiger charge is -2.13. The van der Waals surface area contributed by atoms with E-state index in [0.29, 0.717) is 17.1 Å². The quantitative estimate of drug-likeness (QED) is 0.782. The Morgan fingerprint density at radius 1 is 1.29 bits per heavy atom. The Labute approximate surface area is 82.9 Å². The molecule has 0 aromatic heterocycles. The molecular weight excluding hydrogens is 180 g/mol. The van der Waals surface area contributed by atoms with E-state index < -0.39 is 6.04 Å². The minimum atomic E-state index is -0.735. The van der Waals surface area contributed by atoms with Crippen LogP contribution in [0.4, 0.5) is 0 Å². The van der Waals surface area contributed by atoms with Gasteiger partial charge in [0.25, 0.3) is 0 Å². The van der Waals surface area contributed by atoms with Gasteiger partial charge in [0.1, 0.15) is 17.5 Å². The van der Waals surface area contributed by atoms with Crippen molar-refractivity contribution >= 4 is 0 Å². The number of nitriles is 1. The Balaban J connectivity index is 3.27. The van der Waals surface area contributed by atoms with Crippen LogP contribution < -0.4 is 15.2 Å². The molecule has 0 aliphatic carbocycles. The van der Waals surface area contributed by atoms with Crippen molar-refractivity contribution in [2.24, 2.45) is 5.73 Å². The third-order valence-corrected chi connectivity index (χ3v) is 1.92. The molecule has 74 valence electrons. The van der Waals surface area contributed by atoms with E-state index in [2.05, 4.69) is 0 Å². The van der Waals surface area contributed by atoms with Gasteiger partial charge in [0.15, 0.2) is 0 Å². The standard InChI is InChI=1S/C10H12N2O2/c1-13-8-4-3-5-9(14-2)10(8)7(12)6-11/h3-5,7H,12H2,1-2H3/t7-/m0/s1. The van der Waals surface area contributed by atoms with Gasteiger partial charge < -0.3 is 15.2 Å². The molecule has 0 radical (unpaired) electrons. The van der Waals surface area contributed by atoms with Crippen molar-refractivity contribution in [2.45, 2.75) is 6.04 Å². The van der Waals surface area contributed by atoms with E-state index >= 15 is 0 Å². The van der Waals surface area contributed by atoms with Crippen LogP contribution in [0.5, 0.6) is 11.5 Å². The maximum atomic E-state index is 8.74. The van der Waals surface area contributed by atoms with Gasteiger partial charge in [0, 0.05) is 0 Å². The maximum Gasteiger partial charge on any atom is 0.128 e. The van der Waals surface area contributed by atoms with Gasteiger partial charge in [-0.3, -0.25) is 0 Å². The number of nitrogens with two attached hydrogens (primary N) is 1. The van der Waals surface area contributed by atoms with Gasteiger partial charge in [-0.1, -0.05) is 6.07 Å². The second-order valence-electron chi connectivity index (χ2n) is 2.68. The summed E-state index contributed by atoms with van der Waals surface area (Å²) in [4.78, 5) is 0. The van der Waals surface area contributed by atoms with Gasteiger partial charge in [0.2, 0.25) is 0 Å². The second kappa shape index (κ2) is 4.49. The molecule has 2 N–H and O–H groups in total. The van der Waals surface area contributed by atoms with Crippen molar-refractivity contribution in [3.63, 3.8) is 0 Å². The number of rotatable bonds is 3. The van der Waals surface area contributed by atoms with Crippen molar-refractivity contribution in [2.75, 3.05) is 14.2 Å². The number of methoxy groups -OCH3 is 2. The van der Waals surface area contributed by atoms with Crippen LogP contribution in [-0.2, 0) is 0 Å². The molecule has 14 heavy (non-hydrogen) atoms. The summed E-state index contributed by atoms with van der Waals surface area (Å²) in [5.41, 5.74) is 6.21. The molecule has 0 unspecified atom stereocenters. The normalized spacial score (nSPS) is 11.6. The van der Waals surface area contributed by atoms with Crippen molar-refractivity contribution in [3.8, 4) is 17.6 Å². The van der Waals surface area contributed by atoms with Crippen LogP contribution in [0, 0.1) is 11.3 Å². The van der Waals surface area contributed by atoms with E-state index in [1.807, 2.05) is 6.07 Å². The van der Waals surface area contributed by atoms with Crippen LogP contribution in [0.15, 0.2) is 18.2 Å². The van der Waals surface area contributed by atoms with Crippen LogP contribution in [0.1, 0.15) is 11.6 Å². The maximum absolute atomic E-state index is 8.74. The zero-order valence-electron chi connectivity index (χ0n) is 8.15. The van der Waals surface area contributed by atoms with Gasteiger partial charge in [-0.25, -0.2) is 0 Å². The lowest BCUT2D eigenvalue weighted by atomic mass is 10.1. The molecule has 0 fully saturated rings. The van der Waals surface area contributed by atoms with Gasteiger partial charge >= 0.3 is 0 Å². The number of benzene rings is 1. The van der Waals surface area contributed by atoms with E-state index in [-0.39, 0.29) is 0 Å². The summed E-state index contributed by atoms with van der Waals surface area (Å²) in [5.74, 6) is 1.14. The minimum Gasteiger partial charge on any atom is -0.496 e. The Kier molecular flexibility index (Phi) is 3.32. The largest absolute Gasteiger partial charge is 0.496 e. The lowest BCUT2D eigenvalue weighted by molar-refractivity contribution is 0.383. The summed E-state index contributed by atoms with van der Waals surface area (Å²) < 4.78 is 10.2. The highest BCUT2D eigenvalue weighted by Crippen LogP contribution is 2.32. The molecule has 0 bridgehead atoms. The topological polar surface area (TPSA) is 68.3 Å². The SMILES string of the molecule is COc1cccc(OC)c1[C@@H](N)C#N. The summed E-state index contributed by atoms with van der Waals surface area (Å²) in [5, 5.41) is 8.74. The van der Waals surface area contributed by atoms with E-state index in [9.17, 15) is 0 Å². The fraction of sp³-hybridized carbons (Fsp3) is 0.300. The van der Waals surface area contributed by atoms with E-state index in [0.717, 1.165) is 0 Å². The molecule has 0 heterocycles. The van der Waals surface area contributed by atoms with E-state index in [4.69, 9.17) is 20.5 Å². The molecule has 1 atom stereocenters. The fourth-order valence-corrected chi connectivity index (χ4v) is 1.25. The third kappa shape index (κ3) is 1.78. The summed E-state index contributed by atoms with van der Waals surface area (Å²) in [6.45, 7) is 0. The zero-order chi connectivity index (χ0) is 10.6. The lowest BCUT2D eigenvalue weighted by Crippen LogP contribution is -2.10. The second-order valence-corrected chi connectivity index (χ2v) is 2.68. The van der Waals surface area contributed by atoms with E-state index in [1.54, 1.807) is 18.2 Å². The molecule has 4 heteroatoms. The van der Waals surface area contributed by atoms with Crippen molar-refractivity contribution in [1.29, 1.82) is 5.26 Å². The highest BCUT2D eigenvalue weighted by Gasteiger charge is 2.16. The number of hydrogen-bond donors (Lipinski definition) is 1. The molecule has 0 saturated heterocycles. The smallest absolute Gasteiger partial charge is 0.128 e. The van der Waals surface area contributed by atoms with Crippen LogP contribution >= 0.6 is 0 Å². The van der Waals surface area contributed by atoms with E-state index in [1.165, 1.54) is 14.2 Å². The first-order chi connectivity index (χ1) is 6.74. The van der Waals surface area contributed by atoms with Gasteiger partial charge in [0.05, 0.1) is 25.9 Å². The van der Waals surface area contributed by atoms with Gasteiger partial charge in [-0.2, -0.15) is 5.26 Å². The Bertz CT molecular complexity index is 335. The van der Waals surface area contributed by atoms with Crippen molar-refractivity contribution < 1.29 is 9.47 Å². The molecule has 0 amide bonds. The van der Waals surface area contributed by atoms with Crippen LogP contribution in [0.2, 0.25) is 0 Å². The first-order valence-corrected chi connectivity index (χ1v) is 4.10. The van der Waals surface area contributed by atoms with Gasteiger partial charge in [-0.15, -0.1) is 0 Å². The van der Waals surface area contributed by atoms with Crippen LogP contribution in [-0.4, -0.2) is 14.2 Å². The minimum absolute atomic E-state index is 0.568. The molecule has 0 spiro atoms. The Morgan fingerprint density at radius 3 is 2.14 bits per heavy atom. The Hall–Kier alpha value is -1.73. The number of nitrogens with zero attached hydrogens (tertiary/aromatic N) is 1. The van der Waals surface area contributed by atoms with Crippen LogP contribution in [0.25, 0.3) is 0 Å². The average Bonchev–Trinajstić information content (AvgIpc) is 2.26. The Morgan fingerprint density at radius 2 is 1.79 bits per heavy atom. The monoisotopic (exact) mass is 192 g/mol. The molecular formula is C10H12N2O2. The third-order valence-electron chi connectivity index (χ3n) is 1.92. The number of hydrogen-bond acceptors (Lipinski definition) is 4. The highest BCUT2D eigenvalue weighted by atomic mass is 16.5. The zero-order valence-corrected chi connectivity index (χ0v) is 8.15. The molecule has 1 aromatic rings. The molecule has 1 rings (SSSR count). The molecule has 0 aliphatic rings. The molecule has 0 saturated carbocycles. The fourth-order valence-electron chi connectivity index (χ4n) is 1.25. The molecule has 4 nitrogen and oxygen atoms in total. The average molecular weight is 192 g/mol. The summed E-state index contributed by atoms with van der Waals surface area (Å²) >= 11 is 0. The summed E-state index contributed by atoms with van der Waals surface area (Å²) in [6, 6.07) is 6.49. The summed E-state index contributed by atoms with van der Waals surface area (Å²) in [7, 11) is 3.06. The van der Waals surface area contributed by atoms with Crippen molar-refractivity contribution in [3.05, 3.63) is 23.8 Å². The first-order valence-electron chi connectivity index (χ1n) is 4.10. The first kappa shape index (κ1) is 10.4. The number of ether oxygens (including phenoxy) is 2. The molecule has 1 aromatic carbocycles. The predicted molar refractivity (Wildman–Crippen MR) is 52.1 cm³/mol. The predicted octanol–water partition coefficient (Wildman–Crippen LogP) is 1.23. The summed E-state index contributed by atoms with van der Waals surface area (Å²) in [6.07, 6.45) is 0. The van der Waals surface area contributed by atoms with Crippen molar-refractivity contribution in [1.82, 2.24) is 0 Å². The van der Waals surface area contributed by atoms with Gasteiger partial charge in [-0.05, 0) is 12.1 Å². The molecule has 0 aliphatic heterocycles. The highest BCUT2D eigenvalue weighted by molar-refractivity contribution is 5.48.